The molecule has 21 heavy (non-hydrogen) atoms. The second-order valence-electron chi connectivity index (χ2n) is 5.25. The van der Waals surface area contributed by atoms with Gasteiger partial charge in [0.15, 0.2) is 0 Å². The number of hydrogen-bond acceptors (Lipinski definition) is 4. The summed E-state index contributed by atoms with van der Waals surface area (Å²) in [6, 6.07) is 7.06. The van der Waals surface area contributed by atoms with Crippen molar-refractivity contribution in [2.24, 2.45) is 5.14 Å². The topological polar surface area (TPSA) is 89.7 Å². The lowest BCUT2D eigenvalue weighted by Crippen LogP contribution is -2.32. The zero-order valence-corrected chi connectivity index (χ0v) is 13.0. The van der Waals surface area contributed by atoms with Gasteiger partial charge in [-0.3, -0.25) is 4.79 Å². The van der Waals surface area contributed by atoms with Crippen LogP contribution in [0, 0.1) is 0 Å². The number of rotatable bonds is 5. The molecule has 1 aromatic carbocycles. The summed E-state index contributed by atoms with van der Waals surface area (Å²) in [4.78, 5) is 13.4. The summed E-state index contributed by atoms with van der Waals surface area (Å²) in [5, 5.41) is 4.28. The van der Waals surface area contributed by atoms with Gasteiger partial charge in [0.25, 0.3) is 0 Å². The zero-order chi connectivity index (χ0) is 15.6. The third kappa shape index (κ3) is 3.74. The molecule has 1 saturated heterocycles. The largest absolute Gasteiger partial charge is 0.491 e. The summed E-state index contributed by atoms with van der Waals surface area (Å²) in [6.45, 7) is 4.12. The standard InChI is InChI=1S/C14H20N2O4S/c1-3-10(2)20-12-6-4-11(5-7-12)16-9-13(8-14(16)17)21(15,18)19/h4-7,10,13H,3,8-9H2,1-2H3,(H2,15,18,19). The number of nitrogens with zero attached hydrogens (tertiary/aromatic N) is 1. The third-order valence-corrected chi connectivity index (χ3v) is 4.86. The zero-order valence-electron chi connectivity index (χ0n) is 12.2. The number of nitrogens with two attached hydrogens (primary N) is 1. The lowest BCUT2D eigenvalue weighted by atomic mass is 10.2. The molecule has 0 aromatic heterocycles. The van der Waals surface area contributed by atoms with E-state index >= 15 is 0 Å². The van der Waals surface area contributed by atoms with Gasteiger partial charge in [-0.1, -0.05) is 6.92 Å². The Morgan fingerprint density at radius 2 is 2.00 bits per heavy atom. The summed E-state index contributed by atoms with van der Waals surface area (Å²) in [7, 11) is -3.69. The number of amides is 1. The Hall–Kier alpha value is -1.60. The van der Waals surface area contributed by atoms with E-state index in [4.69, 9.17) is 9.88 Å². The smallest absolute Gasteiger partial charge is 0.228 e. The summed E-state index contributed by atoms with van der Waals surface area (Å²) in [5.74, 6) is 0.493. The monoisotopic (exact) mass is 312 g/mol. The van der Waals surface area contributed by atoms with Gasteiger partial charge >= 0.3 is 0 Å². The van der Waals surface area contributed by atoms with Crippen molar-refractivity contribution in [3.8, 4) is 5.75 Å². The average Bonchev–Trinajstić information content (AvgIpc) is 2.81. The number of hydrogen-bond donors (Lipinski definition) is 1. The van der Waals surface area contributed by atoms with Crippen LogP contribution in [0.25, 0.3) is 0 Å². The van der Waals surface area contributed by atoms with Crippen LogP contribution in [-0.4, -0.2) is 32.2 Å². The molecular weight excluding hydrogens is 292 g/mol. The lowest BCUT2D eigenvalue weighted by molar-refractivity contribution is -0.117. The maximum Gasteiger partial charge on any atom is 0.228 e. The first-order valence-electron chi connectivity index (χ1n) is 6.90. The number of carbonyl (C=O) groups is 1. The molecule has 1 amide bonds. The minimum atomic E-state index is -3.69. The minimum absolute atomic E-state index is 0.0655. The van der Waals surface area contributed by atoms with Crippen LogP contribution in [0.3, 0.4) is 0 Å². The predicted octanol–water partition coefficient (Wildman–Crippen LogP) is 1.26. The van der Waals surface area contributed by atoms with Crippen LogP contribution < -0.4 is 14.8 Å². The molecule has 2 unspecified atom stereocenters. The Labute approximate surface area is 124 Å². The quantitative estimate of drug-likeness (QED) is 0.886. The Kier molecular flexibility index (Phi) is 4.53. The first-order valence-corrected chi connectivity index (χ1v) is 8.51. The molecule has 1 fully saturated rings. The molecule has 0 saturated carbocycles. The number of ether oxygens (including phenoxy) is 1. The van der Waals surface area contributed by atoms with E-state index in [0.29, 0.717) is 5.69 Å². The van der Waals surface area contributed by atoms with Crippen molar-refractivity contribution in [3.63, 3.8) is 0 Å². The molecule has 2 atom stereocenters. The van der Waals surface area contributed by atoms with Gasteiger partial charge in [0.05, 0.1) is 6.10 Å². The van der Waals surface area contributed by atoms with Gasteiger partial charge in [-0.25, -0.2) is 13.6 Å². The fraction of sp³-hybridized carbons (Fsp3) is 0.500. The first kappa shape index (κ1) is 15.8. The SMILES string of the molecule is CCC(C)Oc1ccc(N2CC(S(N)(=O)=O)CC2=O)cc1. The van der Waals surface area contributed by atoms with E-state index in [1.807, 2.05) is 13.8 Å². The molecular formula is C14H20N2O4S. The van der Waals surface area contributed by atoms with Crippen LogP contribution in [0.1, 0.15) is 26.7 Å². The van der Waals surface area contributed by atoms with Crippen LogP contribution in [0.5, 0.6) is 5.75 Å². The number of anilines is 1. The van der Waals surface area contributed by atoms with Crippen molar-refractivity contribution >= 4 is 21.6 Å². The molecule has 0 radical (unpaired) electrons. The van der Waals surface area contributed by atoms with Gasteiger partial charge in [-0.05, 0) is 37.6 Å². The van der Waals surface area contributed by atoms with Crippen molar-refractivity contribution in [3.05, 3.63) is 24.3 Å². The highest BCUT2D eigenvalue weighted by Gasteiger charge is 2.37. The molecule has 1 aliphatic heterocycles. The van der Waals surface area contributed by atoms with Gasteiger partial charge in [0, 0.05) is 18.7 Å². The van der Waals surface area contributed by atoms with Crippen LogP contribution in [-0.2, 0) is 14.8 Å². The van der Waals surface area contributed by atoms with Gasteiger partial charge in [-0.15, -0.1) is 0 Å². The highest BCUT2D eigenvalue weighted by Crippen LogP contribution is 2.26. The van der Waals surface area contributed by atoms with Gasteiger partial charge < -0.3 is 9.64 Å². The molecule has 6 nitrogen and oxygen atoms in total. The van der Waals surface area contributed by atoms with E-state index in [9.17, 15) is 13.2 Å². The fourth-order valence-corrected chi connectivity index (χ4v) is 2.90. The normalized spacial score (nSPS) is 20.6. The Bertz CT molecular complexity index is 612. The Morgan fingerprint density at radius 1 is 1.38 bits per heavy atom. The maximum absolute atomic E-state index is 11.9. The molecule has 7 heteroatoms. The number of carbonyl (C=O) groups excluding carboxylic acids is 1. The highest BCUT2D eigenvalue weighted by molar-refractivity contribution is 7.89. The minimum Gasteiger partial charge on any atom is -0.491 e. The van der Waals surface area contributed by atoms with E-state index in [1.54, 1.807) is 24.3 Å². The van der Waals surface area contributed by atoms with E-state index in [0.717, 1.165) is 12.2 Å². The van der Waals surface area contributed by atoms with E-state index in [-0.39, 0.29) is 25.0 Å². The third-order valence-electron chi connectivity index (χ3n) is 3.61. The van der Waals surface area contributed by atoms with Crippen molar-refractivity contribution in [2.75, 3.05) is 11.4 Å². The first-order chi connectivity index (χ1) is 9.81. The predicted molar refractivity (Wildman–Crippen MR) is 80.7 cm³/mol. The molecule has 1 heterocycles. The van der Waals surface area contributed by atoms with Crippen LogP contribution in [0.15, 0.2) is 24.3 Å². The second-order valence-corrected chi connectivity index (χ2v) is 7.09. The van der Waals surface area contributed by atoms with Crippen LogP contribution in [0.2, 0.25) is 0 Å². The van der Waals surface area contributed by atoms with Crippen molar-refractivity contribution in [1.29, 1.82) is 0 Å². The molecule has 0 aliphatic carbocycles. The summed E-state index contributed by atoms with van der Waals surface area (Å²) < 4.78 is 28.4. The van der Waals surface area contributed by atoms with E-state index in [1.165, 1.54) is 4.90 Å². The molecule has 0 spiro atoms. The fourth-order valence-electron chi connectivity index (χ4n) is 2.16. The second kappa shape index (κ2) is 6.03. The Balaban J connectivity index is 2.11. The summed E-state index contributed by atoms with van der Waals surface area (Å²) in [5.41, 5.74) is 0.655. The molecule has 2 N–H and O–H groups in total. The van der Waals surface area contributed by atoms with Crippen molar-refractivity contribution < 1.29 is 17.9 Å². The van der Waals surface area contributed by atoms with Crippen LogP contribution >= 0.6 is 0 Å². The molecule has 0 bridgehead atoms. The maximum atomic E-state index is 11.9. The number of sulfonamides is 1. The molecule has 2 rings (SSSR count). The molecule has 1 aromatic rings. The van der Waals surface area contributed by atoms with Crippen LogP contribution in [0.4, 0.5) is 5.69 Å². The van der Waals surface area contributed by atoms with Gasteiger partial charge in [0.1, 0.15) is 11.0 Å². The summed E-state index contributed by atoms with van der Waals surface area (Å²) >= 11 is 0. The average molecular weight is 312 g/mol. The Morgan fingerprint density at radius 3 is 2.48 bits per heavy atom. The number of primary sulfonamides is 1. The number of benzene rings is 1. The lowest BCUT2D eigenvalue weighted by Gasteiger charge is -2.18. The molecule has 116 valence electrons. The van der Waals surface area contributed by atoms with Gasteiger partial charge in [-0.2, -0.15) is 0 Å². The van der Waals surface area contributed by atoms with Gasteiger partial charge in [0.2, 0.25) is 15.9 Å². The van der Waals surface area contributed by atoms with E-state index in [2.05, 4.69) is 0 Å². The molecule has 1 aliphatic rings. The van der Waals surface area contributed by atoms with Crippen molar-refractivity contribution in [2.45, 2.75) is 38.0 Å². The summed E-state index contributed by atoms with van der Waals surface area (Å²) in [6.07, 6.45) is 0.961. The van der Waals surface area contributed by atoms with E-state index < -0.39 is 15.3 Å². The highest BCUT2D eigenvalue weighted by atomic mass is 32.2. The van der Waals surface area contributed by atoms with Crippen molar-refractivity contribution in [1.82, 2.24) is 0 Å².